The minimum Gasteiger partial charge on any atom is -0.0651 e. The quantitative estimate of drug-likeness (QED) is 0.586. The zero-order valence-electron chi connectivity index (χ0n) is 8.72. The highest BCUT2D eigenvalue weighted by atomic mass is 14.5. The fraction of sp³-hybridized carbons (Fsp3) is 1.00. The Morgan fingerprint density at radius 1 is 1.17 bits per heavy atom. The summed E-state index contributed by atoms with van der Waals surface area (Å²) in [6.45, 7) is 7.20. The summed E-state index contributed by atoms with van der Waals surface area (Å²) in [5, 5.41) is 0. The van der Waals surface area contributed by atoms with Crippen molar-refractivity contribution >= 4 is 0 Å². The Kier molecular flexibility index (Phi) is 2.18. The van der Waals surface area contributed by atoms with Crippen molar-refractivity contribution in [2.45, 2.75) is 46.5 Å². The highest BCUT2D eigenvalue weighted by Gasteiger charge is 2.48. The maximum Gasteiger partial charge on any atom is -0.0352 e. The van der Waals surface area contributed by atoms with Gasteiger partial charge < -0.3 is 0 Å². The summed E-state index contributed by atoms with van der Waals surface area (Å²) in [7, 11) is 0. The van der Waals surface area contributed by atoms with E-state index in [0.717, 1.165) is 29.6 Å². The van der Waals surface area contributed by atoms with Crippen molar-refractivity contribution < 1.29 is 0 Å². The van der Waals surface area contributed by atoms with Crippen LogP contribution in [0.1, 0.15) is 46.5 Å². The van der Waals surface area contributed by atoms with Gasteiger partial charge in [0.1, 0.15) is 0 Å². The standard InChI is InChI=1S/C12H22/c1-4-9-5-10-7-12(10)11(6-9)8(2)3/h8-12H,4-7H2,1-3H3/t9-,10+,11+,12-/m0/s1. The van der Waals surface area contributed by atoms with Gasteiger partial charge in [0.05, 0.1) is 0 Å². The first-order chi connectivity index (χ1) is 5.72. The molecule has 2 saturated carbocycles. The molecule has 0 spiro atoms. The van der Waals surface area contributed by atoms with Crippen LogP contribution in [0.2, 0.25) is 0 Å². The van der Waals surface area contributed by atoms with Crippen molar-refractivity contribution in [2.24, 2.45) is 29.6 Å². The first kappa shape index (κ1) is 8.59. The summed E-state index contributed by atoms with van der Waals surface area (Å²) in [5.41, 5.74) is 0. The van der Waals surface area contributed by atoms with Gasteiger partial charge in [-0.25, -0.2) is 0 Å². The Hall–Kier alpha value is 0. The van der Waals surface area contributed by atoms with Crippen LogP contribution in [0.5, 0.6) is 0 Å². The lowest BCUT2D eigenvalue weighted by atomic mass is 9.75. The zero-order valence-corrected chi connectivity index (χ0v) is 8.72. The highest BCUT2D eigenvalue weighted by molar-refractivity contribution is 4.97. The molecule has 2 fully saturated rings. The van der Waals surface area contributed by atoms with Crippen molar-refractivity contribution in [3.05, 3.63) is 0 Å². The Morgan fingerprint density at radius 2 is 1.92 bits per heavy atom. The zero-order chi connectivity index (χ0) is 8.72. The van der Waals surface area contributed by atoms with Gasteiger partial charge in [-0.05, 0) is 48.9 Å². The molecular formula is C12H22. The van der Waals surface area contributed by atoms with E-state index in [9.17, 15) is 0 Å². The molecular weight excluding hydrogens is 144 g/mol. The maximum absolute atomic E-state index is 2.41. The molecule has 0 heterocycles. The number of fused-ring (bicyclic) bond motifs is 1. The van der Waals surface area contributed by atoms with Gasteiger partial charge in [-0.15, -0.1) is 0 Å². The van der Waals surface area contributed by atoms with Gasteiger partial charge in [0, 0.05) is 0 Å². The molecule has 70 valence electrons. The molecule has 0 amide bonds. The molecule has 2 rings (SSSR count). The average molecular weight is 166 g/mol. The Labute approximate surface area is 76.7 Å². The molecule has 0 bridgehead atoms. The predicted molar refractivity (Wildman–Crippen MR) is 52.9 cm³/mol. The van der Waals surface area contributed by atoms with Crippen LogP contribution in [-0.2, 0) is 0 Å². The third-order valence-electron chi connectivity index (χ3n) is 4.20. The number of hydrogen-bond donors (Lipinski definition) is 0. The van der Waals surface area contributed by atoms with Gasteiger partial charge in [0.15, 0.2) is 0 Å². The molecule has 2 aliphatic carbocycles. The molecule has 0 N–H and O–H groups in total. The molecule has 0 nitrogen and oxygen atoms in total. The van der Waals surface area contributed by atoms with E-state index in [1.807, 2.05) is 0 Å². The molecule has 0 aromatic heterocycles. The lowest BCUT2D eigenvalue weighted by Crippen LogP contribution is -2.21. The average Bonchev–Trinajstić information content (AvgIpc) is 2.80. The highest BCUT2D eigenvalue weighted by Crippen LogP contribution is 2.57. The minimum absolute atomic E-state index is 0.939. The third-order valence-corrected chi connectivity index (χ3v) is 4.20. The van der Waals surface area contributed by atoms with Gasteiger partial charge in [0.2, 0.25) is 0 Å². The van der Waals surface area contributed by atoms with Gasteiger partial charge >= 0.3 is 0 Å². The van der Waals surface area contributed by atoms with Crippen molar-refractivity contribution in [1.82, 2.24) is 0 Å². The minimum atomic E-state index is 0.939. The van der Waals surface area contributed by atoms with Gasteiger partial charge in [-0.2, -0.15) is 0 Å². The SMILES string of the molecule is CC[C@H]1C[C@@H]2C[C@@H]2[C@@H](C(C)C)C1. The molecule has 4 atom stereocenters. The largest absolute Gasteiger partial charge is 0.0651 e. The topological polar surface area (TPSA) is 0 Å². The van der Waals surface area contributed by atoms with Crippen LogP contribution in [-0.4, -0.2) is 0 Å². The molecule has 0 aromatic carbocycles. The molecule has 2 aliphatic rings. The van der Waals surface area contributed by atoms with E-state index in [2.05, 4.69) is 20.8 Å². The fourth-order valence-corrected chi connectivity index (χ4v) is 3.25. The van der Waals surface area contributed by atoms with E-state index >= 15 is 0 Å². The van der Waals surface area contributed by atoms with Crippen LogP contribution >= 0.6 is 0 Å². The molecule has 0 radical (unpaired) electrons. The molecule has 0 unspecified atom stereocenters. The van der Waals surface area contributed by atoms with E-state index in [0.29, 0.717) is 0 Å². The van der Waals surface area contributed by atoms with E-state index in [-0.39, 0.29) is 0 Å². The lowest BCUT2D eigenvalue weighted by Gasteiger charge is -2.30. The van der Waals surface area contributed by atoms with Crippen molar-refractivity contribution in [1.29, 1.82) is 0 Å². The van der Waals surface area contributed by atoms with Gasteiger partial charge in [-0.3, -0.25) is 0 Å². The van der Waals surface area contributed by atoms with Crippen LogP contribution in [0, 0.1) is 29.6 Å². The summed E-state index contributed by atoms with van der Waals surface area (Å²) >= 11 is 0. The van der Waals surface area contributed by atoms with Crippen LogP contribution in [0.15, 0.2) is 0 Å². The molecule has 0 aliphatic heterocycles. The first-order valence-electron chi connectivity index (χ1n) is 5.72. The maximum atomic E-state index is 2.41. The Balaban J connectivity index is 1.96. The number of hydrogen-bond acceptors (Lipinski definition) is 0. The Morgan fingerprint density at radius 3 is 2.50 bits per heavy atom. The third kappa shape index (κ3) is 1.41. The van der Waals surface area contributed by atoms with Crippen LogP contribution in [0.4, 0.5) is 0 Å². The Bertz CT molecular complexity index is 159. The summed E-state index contributed by atoms with van der Waals surface area (Å²) in [5.74, 6) is 5.38. The van der Waals surface area contributed by atoms with Crippen LogP contribution < -0.4 is 0 Å². The normalized spacial score (nSPS) is 46.0. The molecule has 12 heavy (non-hydrogen) atoms. The monoisotopic (exact) mass is 166 g/mol. The second-order valence-electron chi connectivity index (χ2n) is 5.31. The van der Waals surface area contributed by atoms with E-state index in [4.69, 9.17) is 0 Å². The van der Waals surface area contributed by atoms with E-state index < -0.39 is 0 Å². The van der Waals surface area contributed by atoms with Crippen LogP contribution in [0.3, 0.4) is 0 Å². The van der Waals surface area contributed by atoms with Gasteiger partial charge in [0.25, 0.3) is 0 Å². The molecule has 0 saturated heterocycles. The predicted octanol–water partition coefficient (Wildman–Crippen LogP) is 3.71. The molecule has 0 heteroatoms. The summed E-state index contributed by atoms with van der Waals surface area (Å²) in [6.07, 6.45) is 6.09. The van der Waals surface area contributed by atoms with E-state index in [1.165, 1.54) is 12.8 Å². The first-order valence-corrected chi connectivity index (χ1v) is 5.72. The summed E-state index contributed by atoms with van der Waals surface area (Å²) in [4.78, 5) is 0. The lowest BCUT2D eigenvalue weighted by molar-refractivity contribution is 0.196. The van der Waals surface area contributed by atoms with E-state index in [1.54, 1.807) is 12.8 Å². The second kappa shape index (κ2) is 3.05. The second-order valence-corrected chi connectivity index (χ2v) is 5.31. The number of rotatable bonds is 2. The summed E-state index contributed by atoms with van der Waals surface area (Å²) in [6, 6.07) is 0. The van der Waals surface area contributed by atoms with Crippen LogP contribution in [0.25, 0.3) is 0 Å². The summed E-state index contributed by atoms with van der Waals surface area (Å²) < 4.78 is 0. The smallest absolute Gasteiger partial charge is 0.0352 e. The van der Waals surface area contributed by atoms with Gasteiger partial charge in [-0.1, -0.05) is 27.2 Å². The van der Waals surface area contributed by atoms with Crippen molar-refractivity contribution in [2.75, 3.05) is 0 Å². The van der Waals surface area contributed by atoms with Crippen molar-refractivity contribution in [3.63, 3.8) is 0 Å². The molecule has 0 aromatic rings. The van der Waals surface area contributed by atoms with Crippen molar-refractivity contribution in [3.8, 4) is 0 Å². The fourth-order valence-electron chi connectivity index (χ4n) is 3.25.